The predicted molar refractivity (Wildman–Crippen MR) is 76.5 cm³/mol. The maximum absolute atomic E-state index is 12.4. The van der Waals surface area contributed by atoms with Crippen molar-refractivity contribution < 1.29 is 9.53 Å². The van der Waals surface area contributed by atoms with E-state index in [0.29, 0.717) is 25.4 Å². The molecule has 1 amide bonds. The molecular weight excluding hydrogens is 254 g/mol. The van der Waals surface area contributed by atoms with Crippen molar-refractivity contribution in [3.05, 3.63) is 23.8 Å². The molecule has 1 aliphatic heterocycles. The van der Waals surface area contributed by atoms with Crippen molar-refractivity contribution in [3.8, 4) is 0 Å². The smallest absolute Gasteiger partial charge is 0.272 e. The van der Waals surface area contributed by atoms with Crippen LogP contribution in [-0.4, -0.2) is 46.6 Å². The average molecular weight is 277 g/mol. The number of amides is 1. The zero-order valence-electron chi connectivity index (χ0n) is 12.7. The highest BCUT2D eigenvalue weighted by Crippen LogP contribution is 2.26. The maximum atomic E-state index is 12.4. The van der Waals surface area contributed by atoms with Crippen molar-refractivity contribution in [2.75, 3.05) is 19.7 Å². The second-order valence-corrected chi connectivity index (χ2v) is 6.35. The van der Waals surface area contributed by atoms with Crippen molar-refractivity contribution in [1.82, 2.24) is 14.9 Å². The lowest BCUT2D eigenvalue weighted by Crippen LogP contribution is -2.34. The van der Waals surface area contributed by atoms with Crippen molar-refractivity contribution in [2.24, 2.45) is 5.41 Å². The number of ether oxygens (including phenoxy) is 1. The van der Waals surface area contributed by atoms with Crippen LogP contribution in [0.4, 0.5) is 0 Å². The number of nitrogens with zero attached hydrogens (tertiary/aromatic N) is 3. The fraction of sp³-hybridized carbons (Fsp3) is 0.667. The molecule has 2 heterocycles. The molecule has 0 bridgehead atoms. The predicted octanol–water partition coefficient (Wildman–Crippen LogP) is 2.06. The highest BCUT2D eigenvalue weighted by molar-refractivity contribution is 5.92. The van der Waals surface area contributed by atoms with Gasteiger partial charge in [0.05, 0.1) is 12.7 Å². The molecule has 1 atom stereocenters. The van der Waals surface area contributed by atoms with Crippen molar-refractivity contribution >= 4 is 5.91 Å². The molecule has 0 unspecified atom stereocenters. The average Bonchev–Trinajstić information content (AvgIpc) is 2.63. The fourth-order valence-electron chi connectivity index (χ4n) is 2.39. The molecule has 0 saturated carbocycles. The maximum Gasteiger partial charge on any atom is 0.272 e. The molecule has 2 rings (SSSR count). The summed E-state index contributed by atoms with van der Waals surface area (Å²) in [7, 11) is 0. The molecule has 5 nitrogen and oxygen atoms in total. The number of hydrogen-bond acceptors (Lipinski definition) is 4. The van der Waals surface area contributed by atoms with E-state index in [9.17, 15) is 4.79 Å². The molecule has 1 aromatic rings. The Bertz CT molecular complexity index is 482. The number of rotatable bonds is 1. The summed E-state index contributed by atoms with van der Waals surface area (Å²) in [5, 5.41) is 0. The molecule has 110 valence electrons. The lowest BCUT2D eigenvalue weighted by molar-refractivity contribution is -0.00973. The van der Waals surface area contributed by atoms with Crippen LogP contribution in [0.3, 0.4) is 0 Å². The van der Waals surface area contributed by atoms with E-state index in [-0.39, 0.29) is 17.4 Å². The van der Waals surface area contributed by atoms with Gasteiger partial charge in [-0.15, -0.1) is 0 Å². The van der Waals surface area contributed by atoms with Crippen LogP contribution < -0.4 is 0 Å². The standard InChI is InChI=1S/C15H23N3O2/c1-11-9-12(17-10-16-11)14(19)18-6-5-13(15(2,3)4)20-8-7-18/h9-10,13H,5-8H2,1-4H3/t13-/m0/s1. The Hall–Kier alpha value is -1.49. The van der Waals surface area contributed by atoms with Gasteiger partial charge < -0.3 is 9.64 Å². The van der Waals surface area contributed by atoms with E-state index in [4.69, 9.17) is 4.74 Å². The Balaban J connectivity index is 2.05. The topological polar surface area (TPSA) is 55.3 Å². The van der Waals surface area contributed by atoms with Crippen LogP contribution in [0.15, 0.2) is 12.4 Å². The summed E-state index contributed by atoms with van der Waals surface area (Å²) in [5.74, 6) is -0.0336. The molecule has 0 radical (unpaired) electrons. The van der Waals surface area contributed by atoms with Gasteiger partial charge in [0.2, 0.25) is 0 Å². The third-order valence-electron chi connectivity index (χ3n) is 3.62. The first kappa shape index (κ1) is 14.9. The van der Waals surface area contributed by atoms with Crippen LogP contribution >= 0.6 is 0 Å². The number of aromatic nitrogens is 2. The van der Waals surface area contributed by atoms with Crippen LogP contribution in [0.1, 0.15) is 43.4 Å². The first-order valence-corrected chi connectivity index (χ1v) is 7.07. The molecule has 0 spiro atoms. The summed E-state index contributed by atoms with van der Waals surface area (Å²) in [6, 6.07) is 1.73. The summed E-state index contributed by atoms with van der Waals surface area (Å²) < 4.78 is 5.88. The van der Waals surface area contributed by atoms with Crippen LogP contribution in [0.2, 0.25) is 0 Å². The Labute approximate surface area is 120 Å². The molecule has 1 aromatic heterocycles. The number of aryl methyl sites for hydroxylation is 1. The third kappa shape index (κ3) is 3.54. The zero-order valence-corrected chi connectivity index (χ0v) is 12.7. The number of carbonyl (C=O) groups excluding carboxylic acids is 1. The van der Waals surface area contributed by atoms with Gasteiger partial charge in [0, 0.05) is 18.8 Å². The molecule has 0 aliphatic carbocycles. The van der Waals surface area contributed by atoms with Crippen LogP contribution in [0.25, 0.3) is 0 Å². The monoisotopic (exact) mass is 277 g/mol. The first-order valence-electron chi connectivity index (χ1n) is 7.07. The summed E-state index contributed by atoms with van der Waals surface area (Å²) in [4.78, 5) is 22.4. The highest BCUT2D eigenvalue weighted by Gasteiger charge is 2.29. The van der Waals surface area contributed by atoms with Crippen molar-refractivity contribution in [2.45, 2.75) is 40.2 Å². The van der Waals surface area contributed by atoms with E-state index < -0.39 is 0 Å². The van der Waals surface area contributed by atoms with E-state index in [1.165, 1.54) is 6.33 Å². The minimum Gasteiger partial charge on any atom is -0.376 e. The molecule has 1 saturated heterocycles. The molecule has 1 fully saturated rings. The summed E-state index contributed by atoms with van der Waals surface area (Å²) >= 11 is 0. The Kier molecular flexibility index (Phi) is 4.38. The van der Waals surface area contributed by atoms with Gasteiger partial charge in [-0.1, -0.05) is 20.8 Å². The summed E-state index contributed by atoms with van der Waals surface area (Å²) in [5.41, 5.74) is 1.37. The van der Waals surface area contributed by atoms with Gasteiger partial charge in [0.25, 0.3) is 5.91 Å². The first-order chi connectivity index (χ1) is 9.38. The molecular formula is C15H23N3O2. The van der Waals surface area contributed by atoms with Gasteiger partial charge in [-0.25, -0.2) is 9.97 Å². The molecule has 0 N–H and O–H groups in total. The second-order valence-electron chi connectivity index (χ2n) is 6.35. The normalized spacial score (nSPS) is 20.6. The van der Waals surface area contributed by atoms with E-state index in [1.54, 1.807) is 6.07 Å². The SMILES string of the molecule is Cc1cc(C(=O)N2CCO[C@H](C(C)(C)C)CC2)ncn1. The highest BCUT2D eigenvalue weighted by atomic mass is 16.5. The lowest BCUT2D eigenvalue weighted by atomic mass is 9.87. The quantitative estimate of drug-likeness (QED) is 0.788. The van der Waals surface area contributed by atoms with Gasteiger partial charge in [-0.3, -0.25) is 4.79 Å². The second kappa shape index (κ2) is 5.87. The largest absolute Gasteiger partial charge is 0.376 e. The summed E-state index contributed by atoms with van der Waals surface area (Å²) in [6.45, 7) is 10.3. The Morgan fingerprint density at radius 1 is 1.35 bits per heavy atom. The minimum atomic E-state index is -0.0336. The number of hydrogen-bond donors (Lipinski definition) is 0. The van der Waals surface area contributed by atoms with E-state index in [1.807, 2.05) is 11.8 Å². The lowest BCUT2D eigenvalue weighted by Gasteiger charge is -2.29. The van der Waals surface area contributed by atoms with Gasteiger partial charge in [0.15, 0.2) is 0 Å². The number of carbonyl (C=O) groups is 1. The van der Waals surface area contributed by atoms with Crippen LogP contribution in [0, 0.1) is 12.3 Å². The molecule has 5 heteroatoms. The Morgan fingerprint density at radius 2 is 2.10 bits per heavy atom. The van der Waals surface area contributed by atoms with E-state index >= 15 is 0 Å². The third-order valence-corrected chi connectivity index (χ3v) is 3.62. The van der Waals surface area contributed by atoms with Gasteiger partial charge >= 0.3 is 0 Å². The van der Waals surface area contributed by atoms with E-state index in [2.05, 4.69) is 30.7 Å². The molecule has 1 aliphatic rings. The molecule has 20 heavy (non-hydrogen) atoms. The van der Waals surface area contributed by atoms with Gasteiger partial charge in [-0.05, 0) is 24.8 Å². The minimum absolute atomic E-state index is 0.0336. The molecule has 0 aromatic carbocycles. The fourth-order valence-corrected chi connectivity index (χ4v) is 2.39. The van der Waals surface area contributed by atoms with Crippen molar-refractivity contribution in [3.63, 3.8) is 0 Å². The van der Waals surface area contributed by atoms with Crippen LogP contribution in [0.5, 0.6) is 0 Å². The van der Waals surface area contributed by atoms with Gasteiger partial charge in [-0.2, -0.15) is 0 Å². The van der Waals surface area contributed by atoms with Gasteiger partial charge in [0.1, 0.15) is 12.0 Å². The zero-order chi connectivity index (χ0) is 14.8. The summed E-state index contributed by atoms with van der Waals surface area (Å²) in [6.07, 6.45) is 2.49. The van der Waals surface area contributed by atoms with E-state index in [0.717, 1.165) is 12.1 Å². The van der Waals surface area contributed by atoms with Crippen LogP contribution in [-0.2, 0) is 4.74 Å². The Morgan fingerprint density at radius 3 is 2.75 bits per heavy atom. The van der Waals surface area contributed by atoms with Crippen molar-refractivity contribution in [1.29, 1.82) is 0 Å².